The van der Waals surface area contributed by atoms with Crippen molar-refractivity contribution in [1.82, 2.24) is 10.2 Å². The predicted molar refractivity (Wildman–Crippen MR) is 120 cm³/mol. The lowest BCUT2D eigenvalue weighted by Crippen LogP contribution is -2.32. The number of Topliss-reactive ketones (excluding diaryl/α,β-unsaturated/α-hetero) is 1. The summed E-state index contributed by atoms with van der Waals surface area (Å²) in [7, 11) is 1.40. The van der Waals surface area contributed by atoms with Gasteiger partial charge in [0, 0.05) is 23.7 Å². The van der Waals surface area contributed by atoms with Gasteiger partial charge in [-0.1, -0.05) is 17.7 Å². The second-order valence-electron chi connectivity index (χ2n) is 7.26. The van der Waals surface area contributed by atoms with Gasteiger partial charge in [-0.3, -0.25) is 9.59 Å². The number of nitrogens with zero attached hydrogens (tertiary/aromatic N) is 1. The number of aliphatic hydroxyl groups excluding tert-OH is 2. The number of hydrogen-bond acceptors (Lipinski definition) is 7. The van der Waals surface area contributed by atoms with Gasteiger partial charge >= 0.3 is 0 Å². The number of aromatic hydroxyl groups is 1. The Kier molecular flexibility index (Phi) is 7.74. The molecule has 1 atom stereocenters. The van der Waals surface area contributed by atoms with Crippen molar-refractivity contribution < 1.29 is 29.6 Å². The summed E-state index contributed by atoms with van der Waals surface area (Å²) in [5.74, 6) is -1.72. The predicted octanol–water partition coefficient (Wildman–Crippen LogP) is 2.45. The van der Waals surface area contributed by atoms with E-state index in [1.807, 2.05) is 0 Å². The summed E-state index contributed by atoms with van der Waals surface area (Å²) in [6, 6.07) is 9.98. The highest BCUT2D eigenvalue weighted by atomic mass is 35.5. The standard InChI is InChI=1S/C23H25ClN2O6/c1-32-18-13-15(5-8-17(18)28)20-19(21(29)14-3-6-16(24)7-4-14)22(30)23(31)26(20)11-2-9-25-10-12-27/h3-8,13,20,25,27-29H,2,9-12H2,1H3/b21-19-. The second-order valence-corrected chi connectivity index (χ2v) is 7.69. The van der Waals surface area contributed by atoms with Crippen LogP contribution < -0.4 is 10.1 Å². The summed E-state index contributed by atoms with van der Waals surface area (Å²) in [5.41, 5.74) is 0.818. The van der Waals surface area contributed by atoms with E-state index in [-0.39, 0.29) is 36.0 Å². The lowest BCUT2D eigenvalue weighted by atomic mass is 9.95. The quantitative estimate of drug-likeness (QED) is 0.196. The maximum atomic E-state index is 13.0. The molecule has 2 aromatic carbocycles. The van der Waals surface area contributed by atoms with Crippen molar-refractivity contribution in [1.29, 1.82) is 0 Å². The summed E-state index contributed by atoms with van der Waals surface area (Å²) >= 11 is 5.93. The van der Waals surface area contributed by atoms with Crippen LogP contribution in [0.4, 0.5) is 0 Å². The molecule has 32 heavy (non-hydrogen) atoms. The number of phenols is 1. The first-order valence-corrected chi connectivity index (χ1v) is 10.5. The Morgan fingerprint density at radius 3 is 2.53 bits per heavy atom. The highest BCUT2D eigenvalue weighted by Crippen LogP contribution is 2.41. The van der Waals surface area contributed by atoms with E-state index in [0.717, 1.165) is 0 Å². The van der Waals surface area contributed by atoms with Gasteiger partial charge in [-0.15, -0.1) is 0 Å². The number of methoxy groups -OCH3 is 1. The molecule has 1 amide bonds. The van der Waals surface area contributed by atoms with Crippen molar-refractivity contribution >= 4 is 29.1 Å². The van der Waals surface area contributed by atoms with Gasteiger partial charge in [0.05, 0.1) is 25.3 Å². The van der Waals surface area contributed by atoms with Crippen molar-refractivity contribution in [3.8, 4) is 11.5 Å². The molecule has 4 N–H and O–H groups in total. The van der Waals surface area contributed by atoms with Crippen molar-refractivity contribution in [3.05, 3.63) is 64.2 Å². The van der Waals surface area contributed by atoms with E-state index in [1.54, 1.807) is 30.3 Å². The molecule has 0 saturated carbocycles. The van der Waals surface area contributed by atoms with Crippen LogP contribution in [-0.4, -0.2) is 65.3 Å². The third kappa shape index (κ3) is 4.88. The van der Waals surface area contributed by atoms with Crippen LogP contribution in [0.2, 0.25) is 5.02 Å². The molecule has 0 aliphatic carbocycles. The number of ether oxygens (including phenoxy) is 1. The normalized spacial score (nSPS) is 17.7. The second kappa shape index (κ2) is 10.5. The number of ketones is 1. The Morgan fingerprint density at radius 1 is 1.16 bits per heavy atom. The van der Waals surface area contributed by atoms with Gasteiger partial charge in [-0.2, -0.15) is 0 Å². The fourth-order valence-corrected chi connectivity index (χ4v) is 3.79. The van der Waals surface area contributed by atoms with Gasteiger partial charge in [0.15, 0.2) is 11.5 Å². The molecular formula is C23H25ClN2O6. The third-order valence-corrected chi connectivity index (χ3v) is 5.47. The van der Waals surface area contributed by atoms with Crippen LogP contribution in [0, 0.1) is 0 Å². The highest BCUT2D eigenvalue weighted by molar-refractivity contribution is 6.46. The van der Waals surface area contributed by atoms with Crippen molar-refractivity contribution in [3.63, 3.8) is 0 Å². The molecule has 1 aliphatic heterocycles. The highest BCUT2D eigenvalue weighted by Gasteiger charge is 2.46. The number of nitrogens with one attached hydrogen (secondary N) is 1. The average molecular weight is 461 g/mol. The molecular weight excluding hydrogens is 436 g/mol. The maximum Gasteiger partial charge on any atom is 0.295 e. The SMILES string of the molecule is COc1cc(C2/C(=C(/O)c3ccc(Cl)cc3)C(=O)C(=O)N2CCCNCCO)ccc1O. The third-order valence-electron chi connectivity index (χ3n) is 5.22. The molecule has 8 nitrogen and oxygen atoms in total. The molecule has 1 fully saturated rings. The molecule has 0 radical (unpaired) electrons. The molecule has 9 heteroatoms. The molecule has 0 bridgehead atoms. The first-order chi connectivity index (χ1) is 15.4. The van der Waals surface area contributed by atoms with Crippen molar-refractivity contribution in [2.24, 2.45) is 0 Å². The van der Waals surface area contributed by atoms with E-state index < -0.39 is 17.7 Å². The van der Waals surface area contributed by atoms with Crippen LogP contribution >= 0.6 is 11.6 Å². The largest absolute Gasteiger partial charge is 0.507 e. The molecule has 0 spiro atoms. The topological polar surface area (TPSA) is 119 Å². The smallest absolute Gasteiger partial charge is 0.295 e. The molecule has 1 aliphatic rings. The van der Waals surface area contributed by atoms with Crippen LogP contribution in [0.1, 0.15) is 23.6 Å². The number of halogens is 1. The first kappa shape index (κ1) is 23.6. The zero-order valence-electron chi connectivity index (χ0n) is 17.5. The molecule has 170 valence electrons. The van der Waals surface area contributed by atoms with Crippen LogP contribution in [0.25, 0.3) is 5.76 Å². The summed E-state index contributed by atoms with van der Waals surface area (Å²) in [4.78, 5) is 27.3. The number of carbonyl (C=O) groups excluding carboxylic acids is 2. The molecule has 2 aromatic rings. The van der Waals surface area contributed by atoms with Crippen LogP contribution in [0.3, 0.4) is 0 Å². The van der Waals surface area contributed by atoms with E-state index >= 15 is 0 Å². The van der Waals surface area contributed by atoms with E-state index in [2.05, 4.69) is 5.32 Å². The van der Waals surface area contributed by atoms with Crippen molar-refractivity contribution in [2.45, 2.75) is 12.5 Å². The molecule has 1 heterocycles. The van der Waals surface area contributed by atoms with Crippen LogP contribution in [0.15, 0.2) is 48.0 Å². The zero-order valence-corrected chi connectivity index (χ0v) is 18.3. The minimum atomic E-state index is -0.863. The van der Waals surface area contributed by atoms with Crippen molar-refractivity contribution in [2.75, 3.05) is 33.4 Å². The average Bonchev–Trinajstić information content (AvgIpc) is 3.04. The Balaban J connectivity index is 2.05. The van der Waals surface area contributed by atoms with Gasteiger partial charge in [0.2, 0.25) is 0 Å². The fourth-order valence-electron chi connectivity index (χ4n) is 3.66. The molecule has 1 unspecified atom stereocenters. The van der Waals surface area contributed by atoms with Crippen LogP contribution in [-0.2, 0) is 9.59 Å². The van der Waals surface area contributed by atoms with E-state index in [0.29, 0.717) is 35.7 Å². The van der Waals surface area contributed by atoms with Gasteiger partial charge < -0.3 is 30.3 Å². The maximum absolute atomic E-state index is 13.0. The Morgan fingerprint density at radius 2 is 1.88 bits per heavy atom. The minimum Gasteiger partial charge on any atom is -0.507 e. The van der Waals surface area contributed by atoms with E-state index in [9.17, 15) is 19.8 Å². The summed E-state index contributed by atoms with van der Waals surface area (Å²) in [6.45, 7) is 1.20. The number of phenolic OH excluding ortho intramolecular Hbond substituents is 1. The Hall–Kier alpha value is -3.07. The number of benzene rings is 2. The van der Waals surface area contributed by atoms with Crippen LogP contribution in [0.5, 0.6) is 11.5 Å². The first-order valence-electron chi connectivity index (χ1n) is 10.1. The monoisotopic (exact) mass is 460 g/mol. The number of hydrogen-bond donors (Lipinski definition) is 4. The number of carbonyl (C=O) groups is 2. The molecule has 1 saturated heterocycles. The van der Waals surface area contributed by atoms with Gasteiger partial charge in [0.1, 0.15) is 5.76 Å². The Bertz CT molecular complexity index is 1020. The van der Waals surface area contributed by atoms with Gasteiger partial charge in [0.25, 0.3) is 11.7 Å². The lowest BCUT2D eigenvalue weighted by molar-refractivity contribution is -0.139. The number of aliphatic hydroxyl groups is 2. The number of rotatable bonds is 9. The molecule has 0 aromatic heterocycles. The number of likely N-dealkylation sites (tertiary alicyclic amines) is 1. The molecule has 3 rings (SSSR count). The fraction of sp³-hybridized carbons (Fsp3) is 0.304. The summed E-state index contributed by atoms with van der Waals surface area (Å²) in [5, 5.41) is 33.4. The van der Waals surface area contributed by atoms with E-state index in [4.69, 9.17) is 21.4 Å². The summed E-state index contributed by atoms with van der Waals surface area (Å²) < 4.78 is 5.19. The lowest BCUT2D eigenvalue weighted by Gasteiger charge is -2.26. The van der Waals surface area contributed by atoms with Gasteiger partial charge in [-0.25, -0.2) is 0 Å². The zero-order chi connectivity index (χ0) is 23.3. The summed E-state index contributed by atoms with van der Waals surface area (Å²) in [6.07, 6.45) is 0.528. The van der Waals surface area contributed by atoms with E-state index in [1.165, 1.54) is 24.1 Å². The minimum absolute atomic E-state index is 0.00108. The Labute approximate surface area is 190 Å². The van der Waals surface area contributed by atoms with Gasteiger partial charge in [-0.05, 0) is 54.9 Å². The number of amides is 1.